The topological polar surface area (TPSA) is 48.9 Å². The molecule has 2 aromatic carbocycles. The Hall–Kier alpha value is -2.53. The average molecular weight is 381 g/mol. The van der Waals surface area contributed by atoms with Crippen molar-refractivity contribution < 1.29 is 4.74 Å². The average Bonchev–Trinajstić information content (AvgIpc) is 3.23. The van der Waals surface area contributed by atoms with Crippen LogP contribution in [-0.2, 0) is 13.1 Å². The molecule has 0 aromatic heterocycles. The maximum atomic E-state index is 5.89. The Morgan fingerprint density at radius 2 is 1.68 bits per heavy atom. The zero-order chi connectivity index (χ0) is 19.6. The first kappa shape index (κ1) is 20.2. The van der Waals surface area contributed by atoms with Crippen molar-refractivity contribution in [2.45, 2.75) is 39.0 Å². The number of benzene rings is 2. The van der Waals surface area contributed by atoms with Gasteiger partial charge in [-0.2, -0.15) is 0 Å². The molecule has 0 saturated carbocycles. The third-order valence-electron chi connectivity index (χ3n) is 4.95. The van der Waals surface area contributed by atoms with Crippen LogP contribution >= 0.6 is 0 Å². The number of nitrogens with zero attached hydrogens (tertiary/aromatic N) is 2. The van der Waals surface area contributed by atoms with E-state index in [-0.39, 0.29) is 6.10 Å². The van der Waals surface area contributed by atoms with Gasteiger partial charge >= 0.3 is 0 Å². The van der Waals surface area contributed by atoms with Gasteiger partial charge < -0.3 is 15.4 Å². The van der Waals surface area contributed by atoms with Crippen molar-refractivity contribution >= 4 is 5.96 Å². The molecule has 1 aliphatic rings. The molecule has 1 atom stereocenters. The zero-order valence-corrected chi connectivity index (χ0v) is 17.0. The zero-order valence-electron chi connectivity index (χ0n) is 17.0. The maximum absolute atomic E-state index is 5.89. The molecule has 28 heavy (non-hydrogen) atoms. The monoisotopic (exact) mass is 380 g/mol. The lowest BCUT2D eigenvalue weighted by atomic mass is 10.1. The van der Waals surface area contributed by atoms with Crippen LogP contribution in [0.3, 0.4) is 0 Å². The van der Waals surface area contributed by atoms with Crippen molar-refractivity contribution in [3.05, 3.63) is 65.7 Å². The molecule has 3 rings (SSSR count). The summed E-state index contributed by atoms with van der Waals surface area (Å²) in [5, 5.41) is 6.70. The molecule has 5 nitrogen and oxygen atoms in total. The number of ether oxygens (including phenoxy) is 1. The van der Waals surface area contributed by atoms with E-state index < -0.39 is 0 Å². The summed E-state index contributed by atoms with van der Waals surface area (Å²) in [5.41, 5.74) is 2.64. The Bertz CT molecular complexity index is 724. The summed E-state index contributed by atoms with van der Waals surface area (Å²) in [7, 11) is 1.79. The van der Waals surface area contributed by atoms with Gasteiger partial charge in [0.25, 0.3) is 0 Å². The van der Waals surface area contributed by atoms with Crippen molar-refractivity contribution in [3.8, 4) is 5.75 Å². The van der Waals surface area contributed by atoms with Crippen LogP contribution in [-0.4, -0.2) is 43.6 Å². The highest BCUT2D eigenvalue weighted by Gasteiger charge is 2.11. The Labute approximate surface area is 168 Å². The first-order valence-corrected chi connectivity index (χ1v) is 10.2. The smallest absolute Gasteiger partial charge is 0.191 e. The molecule has 0 amide bonds. The number of rotatable bonds is 8. The van der Waals surface area contributed by atoms with Gasteiger partial charge in [-0.05, 0) is 56.1 Å². The number of para-hydroxylation sites is 1. The van der Waals surface area contributed by atoms with Gasteiger partial charge in [0.2, 0.25) is 0 Å². The minimum absolute atomic E-state index is 0.0471. The SMILES string of the molecule is CN=C(NCc1ccc(CN2CCCC2)cc1)NCC(C)Oc1ccccc1. The summed E-state index contributed by atoms with van der Waals surface area (Å²) < 4.78 is 5.89. The van der Waals surface area contributed by atoms with Crippen LogP contribution in [0.2, 0.25) is 0 Å². The number of hydrogen-bond acceptors (Lipinski definition) is 3. The van der Waals surface area contributed by atoms with Gasteiger partial charge in [-0.15, -0.1) is 0 Å². The van der Waals surface area contributed by atoms with Crippen molar-refractivity contribution in [2.75, 3.05) is 26.7 Å². The number of aliphatic imine (C=N–C) groups is 1. The molecule has 2 N–H and O–H groups in total. The van der Waals surface area contributed by atoms with Gasteiger partial charge in [0.15, 0.2) is 5.96 Å². The number of nitrogens with one attached hydrogen (secondary N) is 2. The summed E-state index contributed by atoms with van der Waals surface area (Å²) in [6.07, 6.45) is 2.72. The Morgan fingerprint density at radius 3 is 2.36 bits per heavy atom. The van der Waals surface area contributed by atoms with Gasteiger partial charge in [0.1, 0.15) is 11.9 Å². The Balaban J connectivity index is 1.39. The highest BCUT2D eigenvalue weighted by Crippen LogP contribution is 2.13. The van der Waals surface area contributed by atoms with E-state index in [2.05, 4.69) is 44.8 Å². The van der Waals surface area contributed by atoms with Crippen molar-refractivity contribution in [3.63, 3.8) is 0 Å². The van der Waals surface area contributed by atoms with E-state index in [0.29, 0.717) is 6.54 Å². The van der Waals surface area contributed by atoms with Crippen molar-refractivity contribution in [1.29, 1.82) is 0 Å². The summed E-state index contributed by atoms with van der Waals surface area (Å²) >= 11 is 0. The first-order valence-electron chi connectivity index (χ1n) is 10.2. The van der Waals surface area contributed by atoms with E-state index in [9.17, 15) is 0 Å². The van der Waals surface area contributed by atoms with Gasteiger partial charge in [0.05, 0.1) is 6.54 Å². The molecule has 150 valence electrons. The predicted octanol–water partition coefficient (Wildman–Crippen LogP) is 3.41. The summed E-state index contributed by atoms with van der Waals surface area (Å²) in [4.78, 5) is 6.83. The largest absolute Gasteiger partial charge is 0.489 e. The fraction of sp³-hybridized carbons (Fsp3) is 0.435. The predicted molar refractivity (Wildman–Crippen MR) is 116 cm³/mol. The van der Waals surface area contributed by atoms with Crippen LogP contribution in [0.4, 0.5) is 0 Å². The van der Waals surface area contributed by atoms with Crippen LogP contribution < -0.4 is 15.4 Å². The third-order valence-corrected chi connectivity index (χ3v) is 4.95. The van der Waals surface area contributed by atoms with E-state index in [1.54, 1.807) is 7.05 Å². The van der Waals surface area contributed by atoms with E-state index in [1.165, 1.54) is 37.1 Å². The van der Waals surface area contributed by atoms with Crippen LogP contribution in [0.5, 0.6) is 5.75 Å². The molecule has 1 heterocycles. The molecular weight excluding hydrogens is 348 g/mol. The van der Waals surface area contributed by atoms with Gasteiger partial charge in [-0.3, -0.25) is 9.89 Å². The van der Waals surface area contributed by atoms with Gasteiger partial charge in [-0.1, -0.05) is 42.5 Å². The molecule has 1 fully saturated rings. The minimum atomic E-state index is 0.0471. The highest BCUT2D eigenvalue weighted by molar-refractivity contribution is 5.79. The maximum Gasteiger partial charge on any atom is 0.191 e. The molecule has 0 radical (unpaired) electrons. The van der Waals surface area contributed by atoms with E-state index >= 15 is 0 Å². The molecule has 0 spiro atoms. The summed E-state index contributed by atoms with van der Waals surface area (Å²) in [5.74, 6) is 1.67. The third kappa shape index (κ3) is 6.57. The number of likely N-dealkylation sites (tertiary alicyclic amines) is 1. The Morgan fingerprint density at radius 1 is 1.00 bits per heavy atom. The highest BCUT2D eigenvalue weighted by atomic mass is 16.5. The molecule has 0 bridgehead atoms. The lowest BCUT2D eigenvalue weighted by Crippen LogP contribution is -2.41. The van der Waals surface area contributed by atoms with Crippen LogP contribution in [0.25, 0.3) is 0 Å². The van der Waals surface area contributed by atoms with Crippen LogP contribution in [0.1, 0.15) is 30.9 Å². The number of guanidine groups is 1. The van der Waals surface area contributed by atoms with E-state index in [0.717, 1.165) is 24.8 Å². The van der Waals surface area contributed by atoms with E-state index in [1.807, 2.05) is 37.3 Å². The quantitative estimate of drug-likeness (QED) is 0.544. The van der Waals surface area contributed by atoms with Crippen LogP contribution in [0, 0.1) is 0 Å². The molecule has 1 saturated heterocycles. The van der Waals surface area contributed by atoms with Crippen LogP contribution in [0.15, 0.2) is 59.6 Å². The van der Waals surface area contributed by atoms with Crippen molar-refractivity contribution in [1.82, 2.24) is 15.5 Å². The van der Waals surface area contributed by atoms with Gasteiger partial charge in [-0.25, -0.2) is 0 Å². The fourth-order valence-electron chi connectivity index (χ4n) is 3.38. The van der Waals surface area contributed by atoms with Gasteiger partial charge in [0, 0.05) is 20.1 Å². The second kappa shape index (κ2) is 10.7. The summed E-state index contributed by atoms with van der Waals surface area (Å²) in [6, 6.07) is 18.8. The lowest BCUT2D eigenvalue weighted by molar-refractivity contribution is 0.224. The molecule has 2 aromatic rings. The summed E-state index contributed by atoms with van der Waals surface area (Å²) in [6.45, 7) is 7.01. The van der Waals surface area contributed by atoms with E-state index in [4.69, 9.17) is 4.74 Å². The lowest BCUT2D eigenvalue weighted by Gasteiger charge is -2.18. The second-order valence-corrected chi connectivity index (χ2v) is 7.35. The standard InChI is InChI=1S/C23H32N4O/c1-19(28-22-8-4-3-5-9-22)16-25-23(24-2)26-17-20-10-12-21(13-11-20)18-27-14-6-7-15-27/h3-5,8-13,19H,6-7,14-18H2,1-2H3,(H2,24,25,26). The fourth-order valence-corrected chi connectivity index (χ4v) is 3.38. The molecule has 5 heteroatoms. The number of hydrogen-bond donors (Lipinski definition) is 2. The normalized spacial score (nSPS) is 16.0. The second-order valence-electron chi connectivity index (χ2n) is 7.35. The molecule has 0 aliphatic carbocycles. The Kier molecular flexibility index (Phi) is 7.73. The molecule has 1 unspecified atom stereocenters. The molecular formula is C23H32N4O. The minimum Gasteiger partial charge on any atom is -0.489 e. The van der Waals surface area contributed by atoms with Crippen molar-refractivity contribution in [2.24, 2.45) is 4.99 Å². The first-order chi connectivity index (χ1) is 13.7. The molecule has 1 aliphatic heterocycles.